The minimum atomic E-state index is -2.24. The number of hydrogen-bond acceptors (Lipinski definition) is 2. The molecule has 1 nitrogen and oxygen atoms in total. The second-order valence-corrected chi connectivity index (χ2v) is 23.4. The van der Waals surface area contributed by atoms with Crippen molar-refractivity contribution in [1.29, 1.82) is 0 Å². The number of aromatic nitrogens is 1. The normalized spacial score (nSPS) is 12.9. The van der Waals surface area contributed by atoms with Crippen LogP contribution in [0.2, 0.25) is 17.3 Å². The van der Waals surface area contributed by atoms with Gasteiger partial charge in [-0.3, -0.25) is 0 Å². The van der Waals surface area contributed by atoms with Gasteiger partial charge in [0, 0.05) is 0 Å². The molecule has 0 saturated carbocycles. The predicted octanol–water partition coefficient (Wildman–Crippen LogP) is 9.27. The Balaban J connectivity index is 1.76. The summed E-state index contributed by atoms with van der Waals surface area (Å²) in [4.78, 5) is 5.35. The monoisotopic (exact) mass is 535 g/mol. The number of pyridine rings is 1. The molecule has 0 aliphatic carbocycles. The van der Waals surface area contributed by atoms with Crippen molar-refractivity contribution >= 4 is 70.8 Å². The van der Waals surface area contributed by atoms with Gasteiger partial charge in [-0.2, -0.15) is 0 Å². The standard InChI is InChI=1S/C32H31GeNS/c1-32(2,3)21-17-24-23-13-9-10-14-29(23)35-31(24)25(18-21)28-19-26(33(4,5)6)30-22-12-8-7-11-20(22)15-16-27(30)34-28/h7-19H,1-6H3. The van der Waals surface area contributed by atoms with Gasteiger partial charge in [0.2, 0.25) is 0 Å². The molecule has 0 saturated heterocycles. The van der Waals surface area contributed by atoms with Crippen LogP contribution in [0.5, 0.6) is 0 Å². The van der Waals surface area contributed by atoms with Gasteiger partial charge in [0.05, 0.1) is 0 Å². The first-order valence-electron chi connectivity index (χ1n) is 12.4. The molecule has 0 atom stereocenters. The summed E-state index contributed by atoms with van der Waals surface area (Å²) in [6.45, 7) is 6.92. The Hall–Kier alpha value is -2.69. The van der Waals surface area contributed by atoms with Gasteiger partial charge in [0.15, 0.2) is 0 Å². The van der Waals surface area contributed by atoms with Crippen LogP contribution in [0, 0.1) is 0 Å². The van der Waals surface area contributed by atoms with Crippen LogP contribution >= 0.6 is 11.3 Å². The molecule has 0 N–H and O–H groups in total. The van der Waals surface area contributed by atoms with Crippen molar-refractivity contribution in [3.05, 3.63) is 84.4 Å². The summed E-state index contributed by atoms with van der Waals surface area (Å²) in [5, 5.41) is 6.69. The molecule has 4 aromatic carbocycles. The topological polar surface area (TPSA) is 12.9 Å². The van der Waals surface area contributed by atoms with E-state index in [0.717, 1.165) is 11.2 Å². The zero-order valence-corrected chi connectivity index (χ0v) is 24.3. The molecule has 2 heterocycles. The molecule has 3 heteroatoms. The van der Waals surface area contributed by atoms with E-state index in [2.05, 4.69) is 117 Å². The summed E-state index contributed by atoms with van der Waals surface area (Å²) in [7, 11) is 0. The molecule has 174 valence electrons. The molecule has 0 spiro atoms. The van der Waals surface area contributed by atoms with Crippen LogP contribution < -0.4 is 4.40 Å². The second kappa shape index (κ2) is 7.91. The zero-order chi connectivity index (χ0) is 24.5. The Morgan fingerprint density at radius 3 is 2.20 bits per heavy atom. The van der Waals surface area contributed by atoms with E-state index in [-0.39, 0.29) is 5.41 Å². The van der Waals surface area contributed by atoms with Crippen LogP contribution in [0.4, 0.5) is 0 Å². The zero-order valence-electron chi connectivity index (χ0n) is 21.4. The number of nitrogens with zero attached hydrogens (tertiary/aromatic N) is 1. The van der Waals surface area contributed by atoms with Gasteiger partial charge >= 0.3 is 215 Å². The van der Waals surface area contributed by atoms with Crippen molar-refractivity contribution in [3.8, 4) is 11.3 Å². The van der Waals surface area contributed by atoms with E-state index in [1.54, 1.807) is 0 Å². The SMILES string of the molecule is CC(C)(C)c1cc(-c2c[c]([Ge]([CH3])([CH3])[CH3])c3c(ccc4ccccc43)n2)c2sc3ccccc3c2c1. The van der Waals surface area contributed by atoms with Gasteiger partial charge in [0.25, 0.3) is 0 Å². The number of hydrogen-bond donors (Lipinski definition) is 0. The summed E-state index contributed by atoms with van der Waals surface area (Å²) in [5.74, 6) is 7.50. The number of benzene rings is 4. The fourth-order valence-electron chi connectivity index (χ4n) is 5.19. The van der Waals surface area contributed by atoms with Gasteiger partial charge in [0.1, 0.15) is 0 Å². The first kappa shape index (κ1) is 22.8. The summed E-state index contributed by atoms with van der Waals surface area (Å²) in [5.41, 5.74) is 4.93. The van der Waals surface area contributed by atoms with Gasteiger partial charge < -0.3 is 0 Å². The first-order chi connectivity index (χ1) is 16.6. The molecular formula is C32H31GeNS. The molecule has 2 aromatic heterocycles. The van der Waals surface area contributed by atoms with Gasteiger partial charge in [-0.1, -0.05) is 0 Å². The van der Waals surface area contributed by atoms with Crippen molar-refractivity contribution in [2.75, 3.05) is 0 Å². The van der Waals surface area contributed by atoms with Crippen LogP contribution in [0.25, 0.3) is 53.1 Å². The van der Waals surface area contributed by atoms with Crippen LogP contribution in [-0.2, 0) is 5.41 Å². The van der Waals surface area contributed by atoms with E-state index in [4.69, 9.17) is 4.98 Å². The van der Waals surface area contributed by atoms with Crippen LogP contribution in [-0.4, -0.2) is 18.3 Å². The van der Waals surface area contributed by atoms with E-state index >= 15 is 0 Å². The third kappa shape index (κ3) is 3.78. The van der Waals surface area contributed by atoms with Gasteiger partial charge in [-0.05, 0) is 0 Å². The molecule has 0 unspecified atom stereocenters. The molecule has 6 rings (SSSR count). The van der Waals surface area contributed by atoms with Crippen molar-refractivity contribution in [1.82, 2.24) is 4.98 Å². The summed E-state index contributed by atoms with van der Waals surface area (Å²) in [6.07, 6.45) is 0. The Bertz CT molecular complexity index is 1760. The van der Waals surface area contributed by atoms with Crippen molar-refractivity contribution < 1.29 is 0 Å². The third-order valence-corrected chi connectivity index (χ3v) is 12.6. The van der Waals surface area contributed by atoms with Crippen molar-refractivity contribution in [2.45, 2.75) is 43.5 Å². The Labute approximate surface area is 214 Å². The molecule has 0 amide bonds. The maximum absolute atomic E-state index is 5.35. The predicted molar refractivity (Wildman–Crippen MR) is 159 cm³/mol. The fourth-order valence-corrected chi connectivity index (χ4v) is 9.71. The molecule has 0 aliphatic rings. The van der Waals surface area contributed by atoms with Gasteiger partial charge in [-0.25, -0.2) is 0 Å². The molecule has 0 bridgehead atoms. The molecule has 6 aromatic rings. The van der Waals surface area contributed by atoms with Gasteiger partial charge in [-0.15, -0.1) is 0 Å². The average Bonchev–Trinajstić information content (AvgIpc) is 3.20. The van der Waals surface area contributed by atoms with E-state index in [9.17, 15) is 0 Å². The Kier molecular flexibility index (Phi) is 5.14. The Morgan fingerprint density at radius 1 is 0.743 bits per heavy atom. The summed E-state index contributed by atoms with van der Waals surface area (Å²) >= 11 is -0.345. The molecular weight excluding hydrogens is 503 g/mol. The average molecular weight is 534 g/mol. The number of rotatable bonds is 2. The van der Waals surface area contributed by atoms with Crippen molar-refractivity contribution in [3.63, 3.8) is 0 Å². The molecule has 0 radical (unpaired) electrons. The molecule has 35 heavy (non-hydrogen) atoms. The van der Waals surface area contributed by atoms with Crippen LogP contribution in [0.15, 0.2) is 78.9 Å². The van der Waals surface area contributed by atoms with Crippen LogP contribution in [0.3, 0.4) is 0 Å². The van der Waals surface area contributed by atoms with E-state index in [1.165, 1.54) is 51.9 Å². The summed E-state index contributed by atoms with van der Waals surface area (Å²) < 4.78 is 4.23. The minimum absolute atomic E-state index is 0.0592. The van der Waals surface area contributed by atoms with E-state index in [1.807, 2.05) is 11.3 Å². The maximum atomic E-state index is 5.35. The van der Waals surface area contributed by atoms with Crippen LogP contribution in [0.1, 0.15) is 26.3 Å². The fraction of sp³-hybridized carbons (Fsp3) is 0.219. The molecule has 0 fully saturated rings. The second-order valence-electron chi connectivity index (χ2n) is 11.7. The number of thiophene rings is 1. The third-order valence-electron chi connectivity index (χ3n) is 7.13. The molecule has 0 aliphatic heterocycles. The van der Waals surface area contributed by atoms with Crippen molar-refractivity contribution in [2.24, 2.45) is 0 Å². The first-order valence-corrected chi connectivity index (χ1v) is 20.6. The Morgan fingerprint density at radius 2 is 1.46 bits per heavy atom. The van der Waals surface area contributed by atoms with E-state index < -0.39 is 13.3 Å². The summed E-state index contributed by atoms with van der Waals surface area (Å²) in [6, 6.07) is 29.3. The van der Waals surface area contributed by atoms with E-state index in [0.29, 0.717) is 0 Å². The quantitative estimate of drug-likeness (QED) is 0.159. The number of fused-ring (bicyclic) bond motifs is 6.